The van der Waals surface area contributed by atoms with Crippen LogP contribution >= 0.6 is 0 Å². The topological polar surface area (TPSA) is 75.7 Å². The third-order valence-electron chi connectivity index (χ3n) is 9.37. The molecule has 6 heteroatoms. The lowest BCUT2D eigenvalue weighted by atomic mass is 9.64. The number of aryl methyl sites for hydroxylation is 2. The van der Waals surface area contributed by atoms with E-state index in [1.807, 2.05) is 86.3 Å². The Bertz CT molecular complexity index is 1860. The van der Waals surface area contributed by atoms with Crippen LogP contribution in [0.25, 0.3) is 5.57 Å². The second kappa shape index (κ2) is 9.80. The van der Waals surface area contributed by atoms with Crippen molar-refractivity contribution in [3.63, 3.8) is 0 Å². The van der Waals surface area contributed by atoms with E-state index in [4.69, 9.17) is 4.74 Å². The van der Waals surface area contributed by atoms with Crippen LogP contribution in [0.4, 0.5) is 11.4 Å². The van der Waals surface area contributed by atoms with Gasteiger partial charge in [-0.15, -0.1) is 0 Å². The van der Waals surface area contributed by atoms with Crippen molar-refractivity contribution in [2.45, 2.75) is 38.3 Å². The number of ketones is 2. The number of benzene rings is 4. The number of nitrogens with one attached hydrogen (secondary N) is 1. The van der Waals surface area contributed by atoms with Crippen LogP contribution in [0.5, 0.6) is 5.75 Å². The molecule has 0 bridgehead atoms. The van der Waals surface area contributed by atoms with Gasteiger partial charge in [0.25, 0.3) is 0 Å². The van der Waals surface area contributed by atoms with E-state index in [0.29, 0.717) is 22.6 Å². The summed E-state index contributed by atoms with van der Waals surface area (Å²) in [5, 5.41) is 3.09. The largest absolute Gasteiger partial charge is 0.497 e. The van der Waals surface area contributed by atoms with Crippen molar-refractivity contribution in [1.82, 2.24) is 0 Å². The number of ether oxygens (including phenoxy) is 1. The molecule has 3 aliphatic heterocycles. The summed E-state index contributed by atoms with van der Waals surface area (Å²) in [6, 6.07) is 26.6. The lowest BCUT2D eigenvalue weighted by Crippen LogP contribution is -2.51. The number of amides is 1. The average Bonchev–Trinajstić information content (AvgIpc) is 3.49. The summed E-state index contributed by atoms with van der Waals surface area (Å²) >= 11 is 0. The molecule has 0 unspecified atom stereocenters. The van der Waals surface area contributed by atoms with Gasteiger partial charge in [-0.25, -0.2) is 0 Å². The predicted molar refractivity (Wildman–Crippen MR) is 168 cm³/mol. The zero-order valence-electron chi connectivity index (χ0n) is 24.5. The van der Waals surface area contributed by atoms with Gasteiger partial charge in [0, 0.05) is 28.1 Å². The van der Waals surface area contributed by atoms with E-state index in [-0.39, 0.29) is 17.5 Å². The Morgan fingerprint density at radius 1 is 0.814 bits per heavy atom. The standard InChI is InChI=1S/C37H32N2O4/c1-21-12-15-24(16-13-21)35(41)33-32(34(40)25-8-7-9-26(20-25)43-4)37(28-10-5-6-11-29(28)38-36(37)42)31-19-23(3)27-18-22(2)14-17-30(27)39(31)33/h5-20,31-33H,1-4H3,(H,38,42)/t31-,32+,33-,37-/m1/s1. The van der Waals surface area contributed by atoms with Crippen LogP contribution < -0.4 is 15.0 Å². The number of rotatable bonds is 5. The first-order valence-corrected chi connectivity index (χ1v) is 14.5. The van der Waals surface area contributed by atoms with Crippen LogP contribution in [0.1, 0.15) is 49.9 Å². The molecule has 3 aliphatic rings. The maximum Gasteiger partial charge on any atom is 0.238 e. The van der Waals surface area contributed by atoms with Gasteiger partial charge >= 0.3 is 0 Å². The number of methoxy groups -OCH3 is 1. The Labute approximate surface area is 251 Å². The molecule has 0 aliphatic carbocycles. The van der Waals surface area contributed by atoms with E-state index in [1.165, 1.54) is 0 Å². The monoisotopic (exact) mass is 568 g/mol. The minimum Gasteiger partial charge on any atom is -0.497 e. The van der Waals surface area contributed by atoms with E-state index in [0.717, 1.165) is 33.5 Å². The maximum absolute atomic E-state index is 15.0. The van der Waals surface area contributed by atoms with Crippen LogP contribution in [-0.4, -0.2) is 36.7 Å². The quantitative estimate of drug-likeness (QED) is 0.276. The zero-order chi connectivity index (χ0) is 30.0. The van der Waals surface area contributed by atoms with Gasteiger partial charge in [0.15, 0.2) is 11.6 Å². The third kappa shape index (κ3) is 3.82. The number of allylic oxidation sites excluding steroid dienone is 1. The number of carbonyl (C=O) groups is 3. The summed E-state index contributed by atoms with van der Waals surface area (Å²) in [4.78, 5) is 46.4. The van der Waals surface area contributed by atoms with Gasteiger partial charge in [-0.2, -0.15) is 0 Å². The molecule has 0 radical (unpaired) electrons. The van der Waals surface area contributed by atoms with Gasteiger partial charge in [-0.05, 0) is 62.2 Å². The van der Waals surface area contributed by atoms with Gasteiger partial charge in [0.05, 0.1) is 19.1 Å². The smallest absolute Gasteiger partial charge is 0.238 e. The number of carbonyl (C=O) groups excluding carboxylic acids is 3. The Hall–Kier alpha value is -4.97. The number of hydrogen-bond donors (Lipinski definition) is 1. The van der Waals surface area contributed by atoms with Crippen molar-refractivity contribution >= 4 is 34.4 Å². The number of anilines is 2. The first-order valence-electron chi connectivity index (χ1n) is 14.5. The van der Waals surface area contributed by atoms with Crippen LogP contribution in [0.3, 0.4) is 0 Å². The molecule has 1 amide bonds. The molecular weight excluding hydrogens is 536 g/mol. The molecule has 214 valence electrons. The molecule has 1 fully saturated rings. The van der Waals surface area contributed by atoms with Crippen LogP contribution in [0.15, 0.2) is 97.1 Å². The van der Waals surface area contributed by atoms with E-state index in [1.54, 1.807) is 31.4 Å². The number of para-hydroxylation sites is 1. The average molecular weight is 569 g/mol. The van der Waals surface area contributed by atoms with Crippen molar-refractivity contribution in [2.24, 2.45) is 5.92 Å². The normalized spacial score (nSPS) is 23.3. The lowest BCUT2D eigenvalue weighted by molar-refractivity contribution is -0.121. The lowest BCUT2D eigenvalue weighted by Gasteiger charge is -2.39. The molecule has 1 saturated heterocycles. The molecule has 4 aromatic rings. The first-order chi connectivity index (χ1) is 20.7. The Balaban J connectivity index is 1.55. The molecule has 43 heavy (non-hydrogen) atoms. The second-order valence-corrected chi connectivity index (χ2v) is 11.8. The predicted octanol–water partition coefficient (Wildman–Crippen LogP) is 6.56. The molecule has 1 spiro atoms. The summed E-state index contributed by atoms with van der Waals surface area (Å²) in [5.41, 5.74) is 5.91. The van der Waals surface area contributed by atoms with Crippen LogP contribution in [0, 0.1) is 19.8 Å². The van der Waals surface area contributed by atoms with Crippen molar-refractivity contribution in [3.05, 3.63) is 130 Å². The SMILES string of the molecule is COc1cccc(C(=O)[C@@H]2[C@H](C(=O)c3ccc(C)cc3)N3c4ccc(C)cc4C(C)=C[C@@H]3[C@@]23C(=O)Nc2ccccc23)c1. The van der Waals surface area contributed by atoms with Crippen LogP contribution in [0.2, 0.25) is 0 Å². The van der Waals surface area contributed by atoms with Gasteiger partial charge in [-0.1, -0.05) is 77.9 Å². The van der Waals surface area contributed by atoms with Crippen molar-refractivity contribution in [2.75, 3.05) is 17.3 Å². The molecule has 1 N–H and O–H groups in total. The van der Waals surface area contributed by atoms with Crippen molar-refractivity contribution in [1.29, 1.82) is 0 Å². The minimum atomic E-state index is -1.36. The maximum atomic E-state index is 15.0. The third-order valence-corrected chi connectivity index (χ3v) is 9.37. The summed E-state index contributed by atoms with van der Waals surface area (Å²) in [5.74, 6) is -1.24. The molecule has 4 aromatic carbocycles. The summed E-state index contributed by atoms with van der Waals surface area (Å²) in [6.45, 7) is 6.05. The fourth-order valence-electron chi connectivity index (χ4n) is 7.39. The second-order valence-electron chi connectivity index (χ2n) is 11.8. The Morgan fingerprint density at radius 3 is 2.33 bits per heavy atom. The molecule has 6 nitrogen and oxygen atoms in total. The van der Waals surface area contributed by atoms with Gasteiger partial charge < -0.3 is 15.0 Å². The molecule has 7 rings (SSSR count). The molecule has 4 atom stereocenters. The highest BCUT2D eigenvalue weighted by Crippen LogP contribution is 2.59. The molecule has 0 aromatic heterocycles. The van der Waals surface area contributed by atoms with Gasteiger partial charge in [0.1, 0.15) is 17.2 Å². The highest BCUT2D eigenvalue weighted by Gasteiger charge is 2.70. The summed E-state index contributed by atoms with van der Waals surface area (Å²) in [7, 11) is 1.55. The number of hydrogen-bond acceptors (Lipinski definition) is 5. The van der Waals surface area contributed by atoms with E-state index in [2.05, 4.69) is 17.5 Å². The first kappa shape index (κ1) is 26.9. The molecular formula is C37H32N2O4. The fraction of sp³-hybridized carbons (Fsp3) is 0.216. The van der Waals surface area contributed by atoms with Crippen molar-refractivity contribution in [3.8, 4) is 5.75 Å². The van der Waals surface area contributed by atoms with E-state index < -0.39 is 23.4 Å². The zero-order valence-corrected chi connectivity index (χ0v) is 24.5. The van der Waals surface area contributed by atoms with E-state index >= 15 is 0 Å². The van der Waals surface area contributed by atoms with E-state index in [9.17, 15) is 14.4 Å². The van der Waals surface area contributed by atoms with Gasteiger partial charge in [-0.3, -0.25) is 14.4 Å². The Kier molecular flexibility index (Phi) is 6.13. The highest BCUT2D eigenvalue weighted by atomic mass is 16.5. The summed E-state index contributed by atoms with van der Waals surface area (Å²) < 4.78 is 5.46. The minimum absolute atomic E-state index is 0.195. The van der Waals surface area contributed by atoms with Crippen molar-refractivity contribution < 1.29 is 19.1 Å². The van der Waals surface area contributed by atoms with Gasteiger partial charge in [0.2, 0.25) is 5.91 Å². The van der Waals surface area contributed by atoms with Crippen LogP contribution in [-0.2, 0) is 10.2 Å². The Morgan fingerprint density at radius 2 is 1.56 bits per heavy atom. The summed E-state index contributed by atoms with van der Waals surface area (Å²) in [6.07, 6.45) is 2.08. The molecule has 0 saturated carbocycles. The number of nitrogens with zero attached hydrogens (tertiary/aromatic N) is 1. The number of Topliss-reactive ketones (excluding diaryl/α,β-unsaturated/α-hetero) is 2. The highest BCUT2D eigenvalue weighted by molar-refractivity contribution is 6.18. The fourth-order valence-corrected chi connectivity index (χ4v) is 7.39. The number of fused-ring (bicyclic) bond motifs is 6. The molecule has 3 heterocycles.